The zero-order valence-electron chi connectivity index (χ0n) is 9.01. The van der Waals surface area contributed by atoms with Gasteiger partial charge >= 0.3 is 6.18 Å². The molecule has 1 aromatic carbocycles. The molecular formula is C10H10BrF3O3. The third kappa shape index (κ3) is 3.04. The topological polar surface area (TPSA) is 38.7 Å². The largest absolute Gasteiger partial charge is 0.493 e. The SMILES string of the molecule is COc1cc(Br)cc(C(O)C(F)(F)F)c1OC. The first-order valence-corrected chi connectivity index (χ1v) is 5.26. The Bertz CT molecular complexity index is 407. The molecule has 0 bridgehead atoms. The van der Waals surface area contributed by atoms with Crippen LogP contribution in [0, 0.1) is 0 Å². The van der Waals surface area contributed by atoms with Gasteiger partial charge in [0.2, 0.25) is 0 Å². The number of hydrogen-bond donors (Lipinski definition) is 1. The van der Waals surface area contributed by atoms with E-state index in [1.165, 1.54) is 20.3 Å². The molecule has 0 amide bonds. The summed E-state index contributed by atoms with van der Waals surface area (Å²) in [5.41, 5.74) is -0.397. The Kier molecular flexibility index (Phi) is 4.26. The number of aliphatic hydroxyl groups excluding tert-OH is 1. The first kappa shape index (κ1) is 14.1. The van der Waals surface area contributed by atoms with Crippen LogP contribution >= 0.6 is 15.9 Å². The van der Waals surface area contributed by atoms with Gasteiger partial charge < -0.3 is 14.6 Å². The van der Waals surface area contributed by atoms with E-state index in [1.807, 2.05) is 0 Å². The Morgan fingerprint density at radius 2 is 1.82 bits per heavy atom. The number of halogens is 4. The second-order valence-corrected chi connectivity index (χ2v) is 4.09. The lowest BCUT2D eigenvalue weighted by Crippen LogP contribution is -2.21. The standard InChI is InChI=1S/C10H10BrF3O3/c1-16-7-4-5(11)3-6(8(7)17-2)9(15)10(12,13)14/h3-4,9,15H,1-2H3. The van der Waals surface area contributed by atoms with Crippen LogP contribution in [0.1, 0.15) is 11.7 Å². The van der Waals surface area contributed by atoms with Crippen molar-refractivity contribution >= 4 is 15.9 Å². The highest BCUT2D eigenvalue weighted by Gasteiger charge is 2.41. The predicted molar refractivity (Wildman–Crippen MR) is 58.3 cm³/mol. The summed E-state index contributed by atoms with van der Waals surface area (Å²) in [5.74, 6) is -0.0271. The minimum atomic E-state index is -4.76. The van der Waals surface area contributed by atoms with Crippen LogP contribution in [0.2, 0.25) is 0 Å². The van der Waals surface area contributed by atoms with Crippen LogP contribution in [0.5, 0.6) is 11.5 Å². The Morgan fingerprint density at radius 3 is 2.24 bits per heavy atom. The maximum atomic E-state index is 12.5. The Balaban J connectivity index is 3.36. The van der Waals surface area contributed by atoms with Gasteiger partial charge in [0.25, 0.3) is 0 Å². The van der Waals surface area contributed by atoms with Gasteiger partial charge in [-0.3, -0.25) is 0 Å². The monoisotopic (exact) mass is 314 g/mol. The molecule has 0 saturated heterocycles. The normalized spacial score (nSPS) is 13.4. The number of hydrogen-bond acceptors (Lipinski definition) is 3. The molecule has 1 atom stereocenters. The Labute approximate surface area is 104 Å². The van der Waals surface area contributed by atoms with Crippen LogP contribution in [0.3, 0.4) is 0 Å². The summed E-state index contributed by atoms with van der Waals surface area (Å²) in [5, 5.41) is 9.23. The Morgan fingerprint density at radius 1 is 1.24 bits per heavy atom. The van der Waals surface area contributed by atoms with Gasteiger partial charge in [-0.15, -0.1) is 0 Å². The van der Waals surface area contributed by atoms with Gasteiger partial charge in [0, 0.05) is 10.0 Å². The van der Waals surface area contributed by atoms with E-state index in [1.54, 1.807) is 0 Å². The molecule has 0 aromatic heterocycles. The van der Waals surface area contributed by atoms with Crippen molar-refractivity contribution in [2.45, 2.75) is 12.3 Å². The lowest BCUT2D eigenvalue weighted by Gasteiger charge is -2.19. The van der Waals surface area contributed by atoms with Crippen molar-refractivity contribution in [2.75, 3.05) is 14.2 Å². The molecule has 1 unspecified atom stereocenters. The smallest absolute Gasteiger partial charge is 0.418 e. The third-order valence-electron chi connectivity index (χ3n) is 2.08. The van der Waals surface area contributed by atoms with Crippen molar-refractivity contribution in [3.8, 4) is 11.5 Å². The van der Waals surface area contributed by atoms with Gasteiger partial charge in [0.1, 0.15) is 0 Å². The fourth-order valence-corrected chi connectivity index (χ4v) is 1.79. The lowest BCUT2D eigenvalue weighted by atomic mass is 10.1. The van der Waals surface area contributed by atoms with E-state index in [2.05, 4.69) is 15.9 Å². The van der Waals surface area contributed by atoms with Crippen molar-refractivity contribution in [3.05, 3.63) is 22.2 Å². The maximum absolute atomic E-state index is 12.5. The fourth-order valence-electron chi connectivity index (χ4n) is 1.34. The predicted octanol–water partition coefficient (Wildman–Crippen LogP) is 3.06. The third-order valence-corrected chi connectivity index (χ3v) is 2.53. The van der Waals surface area contributed by atoms with E-state index in [4.69, 9.17) is 9.47 Å². The summed E-state index contributed by atoms with van der Waals surface area (Å²) >= 11 is 3.04. The molecule has 7 heteroatoms. The molecule has 0 fully saturated rings. The molecule has 0 saturated carbocycles. The van der Waals surface area contributed by atoms with E-state index in [-0.39, 0.29) is 11.5 Å². The van der Waals surface area contributed by atoms with Gasteiger partial charge in [-0.1, -0.05) is 15.9 Å². The first-order valence-electron chi connectivity index (χ1n) is 4.47. The van der Waals surface area contributed by atoms with Crippen LogP contribution in [-0.2, 0) is 0 Å². The molecule has 0 spiro atoms. The number of methoxy groups -OCH3 is 2. The second-order valence-electron chi connectivity index (χ2n) is 3.17. The van der Waals surface area contributed by atoms with Crippen LogP contribution in [0.15, 0.2) is 16.6 Å². The van der Waals surface area contributed by atoms with Crippen molar-refractivity contribution in [1.29, 1.82) is 0 Å². The number of aliphatic hydroxyl groups is 1. The number of ether oxygens (including phenoxy) is 2. The van der Waals surface area contributed by atoms with Crippen molar-refractivity contribution in [1.82, 2.24) is 0 Å². The molecule has 1 aromatic rings. The van der Waals surface area contributed by atoms with Crippen molar-refractivity contribution in [3.63, 3.8) is 0 Å². The molecule has 3 nitrogen and oxygen atoms in total. The quantitative estimate of drug-likeness (QED) is 0.932. The average Bonchev–Trinajstić information content (AvgIpc) is 2.25. The molecule has 17 heavy (non-hydrogen) atoms. The van der Waals surface area contributed by atoms with Crippen LogP contribution in [0.4, 0.5) is 13.2 Å². The van der Waals surface area contributed by atoms with Crippen LogP contribution in [-0.4, -0.2) is 25.5 Å². The van der Waals surface area contributed by atoms with E-state index >= 15 is 0 Å². The van der Waals surface area contributed by atoms with Gasteiger partial charge in [0.15, 0.2) is 17.6 Å². The van der Waals surface area contributed by atoms with Crippen LogP contribution in [0.25, 0.3) is 0 Å². The molecule has 0 radical (unpaired) electrons. The first-order chi connectivity index (χ1) is 7.81. The summed E-state index contributed by atoms with van der Waals surface area (Å²) in [4.78, 5) is 0. The summed E-state index contributed by atoms with van der Waals surface area (Å²) in [6, 6.07) is 2.59. The van der Waals surface area contributed by atoms with Crippen molar-refractivity contribution < 1.29 is 27.8 Å². The lowest BCUT2D eigenvalue weighted by molar-refractivity contribution is -0.207. The second kappa shape index (κ2) is 5.14. The summed E-state index contributed by atoms with van der Waals surface area (Å²) in [7, 11) is 2.51. The highest BCUT2D eigenvalue weighted by molar-refractivity contribution is 9.10. The highest BCUT2D eigenvalue weighted by Crippen LogP contribution is 2.43. The van der Waals surface area contributed by atoms with Gasteiger partial charge in [-0.05, 0) is 12.1 Å². The molecule has 0 aliphatic heterocycles. The van der Waals surface area contributed by atoms with E-state index in [9.17, 15) is 18.3 Å². The molecule has 0 heterocycles. The number of rotatable bonds is 3. The number of alkyl halides is 3. The minimum Gasteiger partial charge on any atom is -0.493 e. The number of benzene rings is 1. The average molecular weight is 315 g/mol. The molecular weight excluding hydrogens is 305 g/mol. The fraction of sp³-hybridized carbons (Fsp3) is 0.400. The van der Waals surface area contributed by atoms with E-state index < -0.39 is 17.8 Å². The van der Waals surface area contributed by atoms with Gasteiger partial charge in [-0.25, -0.2) is 0 Å². The highest BCUT2D eigenvalue weighted by atomic mass is 79.9. The zero-order chi connectivity index (χ0) is 13.2. The molecule has 1 N–H and O–H groups in total. The molecule has 0 aliphatic carbocycles. The van der Waals surface area contributed by atoms with Crippen LogP contribution < -0.4 is 9.47 Å². The molecule has 0 aliphatic rings. The molecule has 96 valence electrons. The van der Waals surface area contributed by atoms with E-state index in [0.717, 1.165) is 6.07 Å². The summed E-state index contributed by atoms with van der Waals surface area (Å²) in [6.45, 7) is 0. The summed E-state index contributed by atoms with van der Waals surface area (Å²) in [6.07, 6.45) is -7.39. The minimum absolute atomic E-state index is 0.111. The zero-order valence-corrected chi connectivity index (χ0v) is 10.6. The molecule has 1 rings (SSSR count). The summed E-state index contributed by atoms with van der Waals surface area (Å²) < 4.78 is 47.4. The van der Waals surface area contributed by atoms with Crippen molar-refractivity contribution in [2.24, 2.45) is 0 Å². The van der Waals surface area contributed by atoms with E-state index in [0.29, 0.717) is 4.47 Å². The van der Waals surface area contributed by atoms with Gasteiger partial charge in [0.05, 0.1) is 14.2 Å². The Hall–Kier alpha value is -0.950. The van der Waals surface area contributed by atoms with Gasteiger partial charge in [-0.2, -0.15) is 13.2 Å². The maximum Gasteiger partial charge on any atom is 0.418 e.